The van der Waals surface area contributed by atoms with Crippen molar-refractivity contribution >= 4 is 28.4 Å². The van der Waals surface area contributed by atoms with Crippen molar-refractivity contribution in [1.82, 2.24) is 19.7 Å². The number of amides is 1. The highest BCUT2D eigenvalue weighted by Gasteiger charge is 2.27. The smallest absolute Gasteiger partial charge is 0.284 e. The number of hydrogen-bond donors (Lipinski definition) is 2. The minimum absolute atomic E-state index is 0.0106. The van der Waals surface area contributed by atoms with E-state index in [1.54, 1.807) is 6.07 Å². The lowest BCUT2D eigenvalue weighted by Crippen LogP contribution is -2.36. The highest BCUT2D eigenvalue weighted by molar-refractivity contribution is 6.11. The molecule has 3 aromatic heterocycles. The van der Waals surface area contributed by atoms with E-state index in [4.69, 9.17) is 4.74 Å². The fourth-order valence-corrected chi connectivity index (χ4v) is 4.80. The summed E-state index contributed by atoms with van der Waals surface area (Å²) in [6.45, 7) is 2.72. The van der Waals surface area contributed by atoms with Gasteiger partial charge in [0.05, 0.1) is 36.0 Å². The predicted molar refractivity (Wildman–Crippen MR) is 126 cm³/mol. The molecule has 0 aromatic carbocycles. The van der Waals surface area contributed by atoms with Gasteiger partial charge in [0.15, 0.2) is 5.69 Å². The number of pyridine rings is 2. The number of nitrogens with one attached hydrogen (secondary N) is 1. The van der Waals surface area contributed by atoms with E-state index < -0.39 is 18.0 Å². The van der Waals surface area contributed by atoms with Gasteiger partial charge in [0.1, 0.15) is 11.3 Å². The molecule has 3 aromatic rings. The number of anilines is 2. The van der Waals surface area contributed by atoms with Gasteiger partial charge < -0.3 is 20.1 Å². The highest BCUT2D eigenvalue weighted by Crippen LogP contribution is 2.35. The van der Waals surface area contributed by atoms with Crippen LogP contribution in [0.15, 0.2) is 30.6 Å². The van der Waals surface area contributed by atoms with Crippen LogP contribution in [0.2, 0.25) is 0 Å². The van der Waals surface area contributed by atoms with E-state index in [0.29, 0.717) is 43.2 Å². The topological polar surface area (TPSA) is 105 Å². The predicted octanol–water partition coefficient (Wildman–Crippen LogP) is 3.58. The van der Waals surface area contributed by atoms with Crippen molar-refractivity contribution in [3.63, 3.8) is 0 Å². The van der Waals surface area contributed by atoms with Crippen LogP contribution in [0, 0.1) is 5.92 Å². The Balaban J connectivity index is 1.41. The number of alkyl halides is 2. The number of carbonyl (C=O) groups is 1. The molecule has 0 radical (unpaired) electrons. The first-order chi connectivity index (χ1) is 17.0. The van der Waals surface area contributed by atoms with Gasteiger partial charge in [0, 0.05) is 32.1 Å². The van der Waals surface area contributed by atoms with E-state index in [1.165, 1.54) is 23.1 Å². The largest absolute Gasteiger partial charge is 0.396 e. The lowest BCUT2D eigenvalue weighted by molar-refractivity contribution is 0.102. The second kappa shape index (κ2) is 10.2. The van der Waals surface area contributed by atoms with E-state index in [2.05, 4.69) is 25.3 Å². The molecule has 186 valence electrons. The quantitative estimate of drug-likeness (QED) is 0.549. The maximum atomic E-state index is 13.8. The number of aromatic nitrogens is 4. The zero-order valence-corrected chi connectivity index (χ0v) is 19.2. The number of nitrogens with zero attached hydrogens (tertiary/aromatic N) is 5. The SMILES string of the molecule is O=C(Nc1cn([C@H]2CC[C@H](CO)CC2)nc1C(F)F)c1ccnc2ccc(N3CCOCC3)nc12. The van der Waals surface area contributed by atoms with E-state index in [-0.39, 0.29) is 29.8 Å². The van der Waals surface area contributed by atoms with Crippen molar-refractivity contribution < 1.29 is 23.4 Å². The van der Waals surface area contributed by atoms with Crippen molar-refractivity contribution in [3.8, 4) is 0 Å². The summed E-state index contributed by atoms with van der Waals surface area (Å²) in [5.74, 6) is 0.405. The van der Waals surface area contributed by atoms with Crippen LogP contribution in [-0.4, -0.2) is 63.7 Å². The van der Waals surface area contributed by atoms with Gasteiger partial charge in [-0.15, -0.1) is 0 Å². The molecule has 0 bridgehead atoms. The fourth-order valence-electron chi connectivity index (χ4n) is 4.80. The average Bonchev–Trinajstić information content (AvgIpc) is 3.32. The number of rotatable bonds is 6. The summed E-state index contributed by atoms with van der Waals surface area (Å²) in [4.78, 5) is 24.3. The maximum absolute atomic E-state index is 13.8. The first-order valence-corrected chi connectivity index (χ1v) is 11.9. The second-order valence-electron chi connectivity index (χ2n) is 9.02. The maximum Gasteiger partial charge on any atom is 0.284 e. The Bertz CT molecular complexity index is 1190. The lowest BCUT2D eigenvalue weighted by atomic mass is 9.87. The zero-order valence-electron chi connectivity index (χ0n) is 19.2. The normalized spacial score (nSPS) is 21.0. The van der Waals surface area contributed by atoms with Gasteiger partial charge in [-0.2, -0.15) is 5.10 Å². The molecule has 5 rings (SSSR count). The van der Waals surface area contributed by atoms with Crippen LogP contribution in [0.3, 0.4) is 0 Å². The molecule has 2 aliphatic rings. The Morgan fingerprint density at radius 1 is 1.17 bits per heavy atom. The Kier molecular flexibility index (Phi) is 6.87. The minimum atomic E-state index is -2.83. The first kappa shape index (κ1) is 23.6. The number of hydrogen-bond acceptors (Lipinski definition) is 7. The molecular weight excluding hydrogens is 458 g/mol. The molecule has 2 N–H and O–H groups in total. The Morgan fingerprint density at radius 2 is 1.94 bits per heavy atom. The van der Waals surface area contributed by atoms with Gasteiger partial charge in [-0.3, -0.25) is 14.5 Å². The van der Waals surface area contributed by atoms with Crippen molar-refractivity contribution in [2.75, 3.05) is 43.1 Å². The Morgan fingerprint density at radius 3 is 2.66 bits per heavy atom. The third-order valence-electron chi connectivity index (χ3n) is 6.81. The molecule has 9 nitrogen and oxygen atoms in total. The molecule has 0 atom stereocenters. The molecule has 11 heteroatoms. The van der Waals surface area contributed by atoms with Crippen LogP contribution >= 0.6 is 0 Å². The van der Waals surface area contributed by atoms with Crippen LogP contribution < -0.4 is 10.2 Å². The lowest BCUT2D eigenvalue weighted by Gasteiger charge is -2.28. The summed E-state index contributed by atoms with van der Waals surface area (Å²) in [5.41, 5.74) is 0.732. The van der Waals surface area contributed by atoms with Crippen LogP contribution in [-0.2, 0) is 4.74 Å². The summed E-state index contributed by atoms with van der Waals surface area (Å²) < 4.78 is 34.5. The van der Waals surface area contributed by atoms with Gasteiger partial charge in [0.25, 0.3) is 12.3 Å². The molecule has 1 saturated heterocycles. The van der Waals surface area contributed by atoms with E-state index >= 15 is 0 Å². The van der Waals surface area contributed by atoms with E-state index in [9.17, 15) is 18.7 Å². The van der Waals surface area contributed by atoms with E-state index in [1.807, 2.05) is 6.07 Å². The zero-order chi connectivity index (χ0) is 24.4. The number of carbonyl (C=O) groups excluding carboxylic acids is 1. The van der Waals surface area contributed by atoms with Gasteiger partial charge in [0.2, 0.25) is 0 Å². The van der Waals surface area contributed by atoms with Crippen molar-refractivity contribution in [2.45, 2.75) is 38.2 Å². The average molecular weight is 487 g/mol. The summed E-state index contributed by atoms with van der Waals surface area (Å²) in [7, 11) is 0. The number of aliphatic hydroxyl groups is 1. The van der Waals surface area contributed by atoms with Gasteiger partial charge in [-0.05, 0) is 49.8 Å². The molecule has 0 spiro atoms. The molecule has 1 aliphatic heterocycles. The third-order valence-corrected chi connectivity index (χ3v) is 6.81. The molecule has 2 fully saturated rings. The number of fused-ring (bicyclic) bond motifs is 1. The summed E-state index contributed by atoms with van der Waals surface area (Å²) in [6, 6.07) is 5.15. The number of ether oxygens (including phenoxy) is 1. The Labute approximate surface area is 201 Å². The van der Waals surface area contributed by atoms with Gasteiger partial charge in [-0.25, -0.2) is 13.8 Å². The van der Waals surface area contributed by atoms with Gasteiger partial charge >= 0.3 is 0 Å². The highest BCUT2D eigenvalue weighted by atomic mass is 19.3. The molecule has 4 heterocycles. The molecule has 1 amide bonds. The van der Waals surface area contributed by atoms with Crippen molar-refractivity contribution in [3.05, 3.63) is 41.9 Å². The van der Waals surface area contributed by atoms with E-state index in [0.717, 1.165) is 25.7 Å². The number of aliphatic hydroxyl groups excluding tert-OH is 1. The summed E-state index contributed by atoms with van der Waals surface area (Å²) in [6.07, 6.45) is 3.27. The minimum Gasteiger partial charge on any atom is -0.396 e. The van der Waals surface area contributed by atoms with Crippen molar-refractivity contribution in [2.24, 2.45) is 5.92 Å². The standard InChI is InChI=1S/C24H28F2N6O3/c25-23(26)22-19(13-32(30-22)16-3-1-15(14-33)2-4-16)28-24(34)17-7-8-27-18-5-6-20(29-21(17)18)31-9-11-35-12-10-31/h5-8,13,15-16,23,33H,1-4,9-12,14H2,(H,28,34)/t15-,16-. The molecule has 1 aliphatic carbocycles. The number of morpholine rings is 1. The first-order valence-electron chi connectivity index (χ1n) is 11.9. The Hall–Kier alpha value is -3.18. The van der Waals surface area contributed by atoms with Crippen LogP contribution in [0.5, 0.6) is 0 Å². The molecule has 1 saturated carbocycles. The van der Waals surface area contributed by atoms with Crippen LogP contribution in [0.25, 0.3) is 11.0 Å². The summed E-state index contributed by atoms with van der Waals surface area (Å²) >= 11 is 0. The van der Waals surface area contributed by atoms with Crippen molar-refractivity contribution in [1.29, 1.82) is 0 Å². The third kappa shape index (κ3) is 4.96. The number of halogens is 2. The van der Waals surface area contributed by atoms with Gasteiger partial charge in [-0.1, -0.05) is 0 Å². The van der Waals surface area contributed by atoms with Crippen LogP contribution in [0.4, 0.5) is 20.3 Å². The second-order valence-corrected chi connectivity index (χ2v) is 9.02. The summed E-state index contributed by atoms with van der Waals surface area (Å²) in [5, 5.41) is 16.1. The monoisotopic (exact) mass is 486 g/mol. The molecular formula is C24H28F2N6O3. The molecule has 0 unspecified atom stereocenters. The van der Waals surface area contributed by atoms with Crippen LogP contribution in [0.1, 0.15) is 54.2 Å². The molecule has 35 heavy (non-hydrogen) atoms. The fraction of sp³-hybridized carbons (Fsp3) is 0.500.